The Morgan fingerprint density at radius 3 is 2.24 bits per heavy atom. The number of benzene rings is 2. The molecule has 5 rings (SSSR count). The van der Waals surface area contributed by atoms with Gasteiger partial charge in [0.1, 0.15) is 0 Å². The van der Waals surface area contributed by atoms with Gasteiger partial charge in [-0.3, -0.25) is 4.98 Å². The van der Waals surface area contributed by atoms with E-state index >= 15 is 0 Å². The smallest absolute Gasteiger partial charge is 0.0705 e. The molecule has 0 amide bonds. The van der Waals surface area contributed by atoms with Crippen molar-refractivity contribution in [2.45, 2.75) is 49.7 Å². The molecular formula is C27H29NS. The first-order chi connectivity index (χ1) is 14.0. The lowest BCUT2D eigenvalue weighted by Gasteiger charge is -2.40. The molecule has 29 heavy (non-hydrogen) atoms. The predicted molar refractivity (Wildman–Crippen MR) is 123 cm³/mol. The second-order valence-electron chi connectivity index (χ2n) is 9.47. The van der Waals surface area contributed by atoms with Gasteiger partial charge in [0.2, 0.25) is 0 Å². The van der Waals surface area contributed by atoms with Gasteiger partial charge in [0.15, 0.2) is 0 Å². The van der Waals surface area contributed by atoms with Gasteiger partial charge in [-0.15, -0.1) is 11.8 Å². The lowest BCUT2D eigenvalue weighted by atomic mass is 9.66. The highest BCUT2D eigenvalue weighted by atomic mass is 32.2. The quantitative estimate of drug-likeness (QED) is 0.452. The molecule has 0 unspecified atom stereocenters. The Balaban J connectivity index is 1.58. The molecular weight excluding hydrogens is 370 g/mol. The van der Waals surface area contributed by atoms with Crippen LogP contribution in [0.2, 0.25) is 0 Å². The van der Waals surface area contributed by atoms with Gasteiger partial charge in [-0.25, -0.2) is 0 Å². The summed E-state index contributed by atoms with van der Waals surface area (Å²) in [5.74, 6) is 1.20. The summed E-state index contributed by atoms with van der Waals surface area (Å²) in [5.41, 5.74) is 4.18. The summed E-state index contributed by atoms with van der Waals surface area (Å²) < 4.78 is 0. The van der Waals surface area contributed by atoms with Crippen molar-refractivity contribution in [3.05, 3.63) is 84.6 Å². The predicted octanol–water partition coefficient (Wildman–Crippen LogP) is 7.45. The van der Waals surface area contributed by atoms with Gasteiger partial charge in [0.25, 0.3) is 0 Å². The van der Waals surface area contributed by atoms with Gasteiger partial charge in [-0.1, -0.05) is 75.4 Å². The van der Waals surface area contributed by atoms with Crippen LogP contribution in [0, 0.1) is 16.7 Å². The molecule has 0 radical (unpaired) electrons. The summed E-state index contributed by atoms with van der Waals surface area (Å²) in [4.78, 5) is 6.62. The van der Waals surface area contributed by atoms with E-state index in [4.69, 9.17) is 4.98 Å². The van der Waals surface area contributed by atoms with Gasteiger partial charge in [0, 0.05) is 27.3 Å². The number of rotatable bonds is 4. The van der Waals surface area contributed by atoms with Crippen LogP contribution >= 0.6 is 11.8 Å². The maximum Gasteiger partial charge on any atom is 0.0705 e. The molecule has 2 fully saturated rings. The second kappa shape index (κ2) is 7.02. The Labute approximate surface area is 179 Å². The van der Waals surface area contributed by atoms with Crippen molar-refractivity contribution in [3.63, 3.8) is 0 Å². The molecule has 0 N–H and O–H groups in total. The normalized spacial score (nSPS) is 29.8. The van der Waals surface area contributed by atoms with Gasteiger partial charge >= 0.3 is 0 Å². The van der Waals surface area contributed by atoms with Crippen LogP contribution in [0.3, 0.4) is 0 Å². The molecule has 2 bridgehead atoms. The van der Waals surface area contributed by atoms with Gasteiger partial charge in [-0.05, 0) is 53.9 Å². The molecule has 2 heteroatoms. The summed E-state index contributed by atoms with van der Waals surface area (Å²) in [6.07, 6.45) is 2.64. The number of fused-ring (bicyclic) bond motifs is 2. The Hall–Kier alpha value is -2.06. The standard InChI is InChI=1S/C27H29NS/c1-26(2)21-17-18-27(26,3)24(25(21)29-20-13-8-5-9-14-20)23-16-10-15-22(28-23)19-11-6-4-7-12-19/h4-16,21,24-25H,17-18H2,1-3H3/t21-,24-,25-,27+/m0/s1. The molecule has 3 aromatic rings. The lowest BCUT2D eigenvalue weighted by Crippen LogP contribution is -2.33. The van der Waals surface area contributed by atoms with Crippen LogP contribution in [0.25, 0.3) is 11.3 Å². The van der Waals surface area contributed by atoms with E-state index < -0.39 is 0 Å². The third-order valence-corrected chi connectivity index (χ3v) is 9.38. The van der Waals surface area contributed by atoms with Crippen LogP contribution in [-0.2, 0) is 0 Å². The van der Waals surface area contributed by atoms with Crippen molar-refractivity contribution in [2.75, 3.05) is 0 Å². The minimum atomic E-state index is 0.284. The van der Waals surface area contributed by atoms with E-state index in [-0.39, 0.29) is 5.41 Å². The summed E-state index contributed by atoms with van der Waals surface area (Å²) >= 11 is 2.08. The van der Waals surface area contributed by atoms with Gasteiger partial charge < -0.3 is 0 Å². The third-order valence-electron chi connectivity index (χ3n) is 7.96. The number of pyridine rings is 1. The van der Waals surface area contributed by atoms with Crippen LogP contribution < -0.4 is 0 Å². The monoisotopic (exact) mass is 399 g/mol. The summed E-state index contributed by atoms with van der Waals surface area (Å²) in [5, 5.41) is 0.574. The highest BCUT2D eigenvalue weighted by molar-refractivity contribution is 8.00. The van der Waals surface area contributed by atoms with E-state index in [1.165, 1.54) is 29.0 Å². The largest absolute Gasteiger partial charge is 0.252 e. The van der Waals surface area contributed by atoms with Crippen LogP contribution in [-0.4, -0.2) is 10.2 Å². The molecule has 148 valence electrons. The molecule has 2 aliphatic rings. The van der Waals surface area contributed by atoms with Gasteiger partial charge in [-0.2, -0.15) is 0 Å². The Morgan fingerprint density at radius 2 is 1.52 bits per heavy atom. The Kier molecular flexibility index (Phi) is 4.58. The zero-order chi connectivity index (χ0) is 20.1. The molecule has 4 atom stereocenters. The highest BCUT2D eigenvalue weighted by Crippen LogP contribution is 2.73. The lowest BCUT2D eigenvalue weighted by molar-refractivity contribution is 0.133. The van der Waals surface area contributed by atoms with Crippen molar-refractivity contribution in [3.8, 4) is 11.3 Å². The fourth-order valence-electron chi connectivity index (χ4n) is 5.98. The molecule has 0 spiro atoms. The average Bonchev–Trinajstić information content (AvgIpc) is 3.07. The topological polar surface area (TPSA) is 12.9 Å². The molecule has 2 aromatic carbocycles. The molecule has 1 nitrogen and oxygen atoms in total. The van der Waals surface area contributed by atoms with Crippen molar-refractivity contribution < 1.29 is 0 Å². The van der Waals surface area contributed by atoms with Crippen molar-refractivity contribution >= 4 is 11.8 Å². The van der Waals surface area contributed by atoms with E-state index in [1.54, 1.807) is 0 Å². The van der Waals surface area contributed by atoms with E-state index in [9.17, 15) is 0 Å². The molecule has 2 aliphatic carbocycles. The number of aromatic nitrogens is 1. The Bertz CT molecular complexity index is 997. The average molecular weight is 400 g/mol. The second-order valence-corrected chi connectivity index (χ2v) is 10.7. The number of hydrogen-bond donors (Lipinski definition) is 0. The number of nitrogens with zero attached hydrogens (tertiary/aromatic N) is 1. The van der Waals surface area contributed by atoms with Crippen LogP contribution in [0.5, 0.6) is 0 Å². The first-order valence-electron chi connectivity index (χ1n) is 10.7. The zero-order valence-electron chi connectivity index (χ0n) is 17.5. The maximum absolute atomic E-state index is 5.23. The van der Waals surface area contributed by atoms with Crippen molar-refractivity contribution in [1.82, 2.24) is 4.98 Å². The van der Waals surface area contributed by atoms with Crippen molar-refractivity contribution in [1.29, 1.82) is 0 Å². The fourth-order valence-corrected chi connectivity index (χ4v) is 7.83. The molecule has 1 aromatic heterocycles. The molecule has 0 aliphatic heterocycles. The molecule has 2 saturated carbocycles. The van der Waals surface area contributed by atoms with Crippen LogP contribution in [0.15, 0.2) is 83.8 Å². The maximum atomic E-state index is 5.23. The summed E-state index contributed by atoms with van der Waals surface area (Å²) in [6, 6.07) is 28.2. The van der Waals surface area contributed by atoms with Crippen LogP contribution in [0.4, 0.5) is 0 Å². The van der Waals surface area contributed by atoms with Crippen LogP contribution in [0.1, 0.15) is 45.2 Å². The first-order valence-corrected chi connectivity index (χ1v) is 11.6. The SMILES string of the molecule is CC1(C)[C@H]2CC[C@]1(C)[C@@H](c1cccc(-c3ccccc3)n1)[C@H]2Sc1ccccc1. The third kappa shape index (κ3) is 2.95. The minimum Gasteiger partial charge on any atom is -0.252 e. The van der Waals surface area contributed by atoms with E-state index in [1.807, 2.05) is 0 Å². The first kappa shape index (κ1) is 18.9. The van der Waals surface area contributed by atoms with Gasteiger partial charge in [0.05, 0.1) is 5.69 Å². The zero-order valence-corrected chi connectivity index (χ0v) is 18.3. The van der Waals surface area contributed by atoms with E-state index in [0.29, 0.717) is 16.6 Å². The number of hydrogen-bond acceptors (Lipinski definition) is 2. The van der Waals surface area contributed by atoms with Crippen molar-refractivity contribution in [2.24, 2.45) is 16.7 Å². The fraction of sp³-hybridized carbons (Fsp3) is 0.370. The van der Waals surface area contributed by atoms with E-state index in [2.05, 4.69) is 111 Å². The summed E-state index contributed by atoms with van der Waals surface area (Å²) in [6.45, 7) is 7.54. The van der Waals surface area contributed by atoms with E-state index in [0.717, 1.165) is 11.6 Å². The summed E-state index contributed by atoms with van der Waals surface area (Å²) in [7, 11) is 0. The Morgan fingerprint density at radius 1 is 0.828 bits per heavy atom. The highest BCUT2D eigenvalue weighted by Gasteiger charge is 2.66. The molecule has 1 heterocycles. The molecule has 0 saturated heterocycles. The number of thioether (sulfide) groups is 1. The minimum absolute atomic E-state index is 0.284.